The zero-order valence-electron chi connectivity index (χ0n) is 12.8. The monoisotopic (exact) mass is 313 g/mol. The zero-order valence-corrected chi connectivity index (χ0v) is 12.8. The molecule has 0 spiro atoms. The first-order chi connectivity index (χ1) is 10.4. The van der Waals surface area contributed by atoms with Gasteiger partial charge in [-0.15, -0.1) is 5.06 Å². The summed E-state index contributed by atoms with van der Waals surface area (Å²) in [6.45, 7) is 7.73. The van der Waals surface area contributed by atoms with Crippen molar-refractivity contribution in [3.63, 3.8) is 0 Å². The van der Waals surface area contributed by atoms with Crippen LogP contribution in [0.4, 0.5) is 8.78 Å². The molecule has 1 atom stereocenters. The number of hydroxylamine groups is 2. The van der Waals surface area contributed by atoms with Crippen LogP contribution < -0.4 is 0 Å². The van der Waals surface area contributed by atoms with Crippen molar-refractivity contribution in [1.29, 1.82) is 0 Å². The Kier molecular flexibility index (Phi) is 6.98. The topological polar surface area (TPSA) is 49.8 Å². The van der Waals surface area contributed by atoms with E-state index in [1.54, 1.807) is 0 Å². The van der Waals surface area contributed by atoms with Crippen molar-refractivity contribution >= 4 is 5.97 Å². The van der Waals surface area contributed by atoms with Gasteiger partial charge in [0, 0.05) is 18.5 Å². The van der Waals surface area contributed by atoms with E-state index in [1.165, 1.54) is 5.06 Å². The van der Waals surface area contributed by atoms with Gasteiger partial charge in [0.1, 0.15) is 17.4 Å². The molecule has 122 valence electrons. The van der Waals surface area contributed by atoms with Crippen LogP contribution in [0, 0.1) is 11.6 Å². The van der Waals surface area contributed by atoms with Crippen molar-refractivity contribution in [1.82, 2.24) is 5.06 Å². The highest BCUT2D eigenvalue weighted by atomic mass is 19.1. The molecule has 0 aromatic heterocycles. The number of hydrogen-bond donors (Lipinski definition) is 1. The van der Waals surface area contributed by atoms with Gasteiger partial charge in [0.15, 0.2) is 0 Å². The first-order valence-corrected chi connectivity index (χ1v) is 7.18. The minimum absolute atomic E-state index is 0.0957. The normalized spacial score (nSPS) is 12.2. The molecule has 1 aromatic carbocycles. The van der Waals surface area contributed by atoms with E-state index in [4.69, 9.17) is 9.94 Å². The van der Waals surface area contributed by atoms with Crippen LogP contribution in [0.3, 0.4) is 0 Å². The average Bonchev–Trinajstić information content (AvgIpc) is 2.48. The van der Waals surface area contributed by atoms with Crippen molar-refractivity contribution < 1.29 is 23.5 Å². The largest absolute Gasteiger partial charge is 0.481 e. The molecule has 0 bridgehead atoms. The second-order valence-corrected chi connectivity index (χ2v) is 4.85. The van der Waals surface area contributed by atoms with Crippen LogP contribution in [0.15, 0.2) is 30.5 Å². The minimum atomic E-state index is -0.948. The minimum Gasteiger partial charge on any atom is -0.481 e. The Bertz CT molecular complexity index is 534. The number of rotatable bonds is 9. The highest BCUT2D eigenvalue weighted by Gasteiger charge is 2.23. The smallest absolute Gasteiger partial charge is 0.303 e. The first-order valence-electron chi connectivity index (χ1n) is 7.18. The van der Waals surface area contributed by atoms with Gasteiger partial charge in [-0.3, -0.25) is 4.79 Å². The van der Waals surface area contributed by atoms with Crippen molar-refractivity contribution in [2.24, 2.45) is 0 Å². The van der Waals surface area contributed by atoms with Crippen LogP contribution in [0.2, 0.25) is 0 Å². The number of aliphatic carboxylic acids is 1. The highest BCUT2D eigenvalue weighted by Crippen LogP contribution is 2.28. The summed E-state index contributed by atoms with van der Waals surface area (Å²) in [5.41, 5.74) is 0.204. The van der Waals surface area contributed by atoms with Gasteiger partial charge in [0.2, 0.25) is 0 Å². The van der Waals surface area contributed by atoms with Crippen LogP contribution >= 0.6 is 0 Å². The summed E-state index contributed by atoms with van der Waals surface area (Å²) in [5.74, 6) is -1.70. The zero-order chi connectivity index (χ0) is 16.7. The van der Waals surface area contributed by atoms with Crippen LogP contribution in [-0.2, 0) is 9.63 Å². The summed E-state index contributed by atoms with van der Waals surface area (Å²) in [6, 6.07) is 2.81. The number of carbonyl (C=O) groups is 1. The third kappa shape index (κ3) is 5.11. The Morgan fingerprint density at radius 3 is 2.59 bits per heavy atom. The summed E-state index contributed by atoms with van der Waals surface area (Å²) < 4.78 is 27.3. The predicted octanol–water partition coefficient (Wildman–Crippen LogP) is 4.05. The van der Waals surface area contributed by atoms with Gasteiger partial charge in [-0.05, 0) is 31.5 Å². The van der Waals surface area contributed by atoms with Gasteiger partial charge in [-0.25, -0.2) is 8.78 Å². The second kappa shape index (κ2) is 8.48. The molecule has 0 fully saturated rings. The summed E-state index contributed by atoms with van der Waals surface area (Å²) in [5, 5.41) is 10.1. The Labute approximate surface area is 129 Å². The fraction of sp³-hybridized carbons (Fsp3) is 0.438. The fourth-order valence-electron chi connectivity index (χ4n) is 2.16. The van der Waals surface area contributed by atoms with E-state index in [0.29, 0.717) is 13.0 Å². The van der Waals surface area contributed by atoms with Gasteiger partial charge in [0.05, 0.1) is 12.5 Å². The lowest BCUT2D eigenvalue weighted by Crippen LogP contribution is -2.29. The molecule has 0 unspecified atom stereocenters. The van der Waals surface area contributed by atoms with E-state index in [0.717, 1.165) is 18.2 Å². The number of nitrogens with zero attached hydrogens (tertiary/aromatic N) is 1. The Morgan fingerprint density at radius 1 is 1.36 bits per heavy atom. The third-order valence-corrected chi connectivity index (χ3v) is 3.23. The van der Waals surface area contributed by atoms with Gasteiger partial charge in [0.25, 0.3) is 0 Å². The van der Waals surface area contributed by atoms with Crippen LogP contribution in [-0.4, -0.2) is 22.7 Å². The number of hydrogen-bond acceptors (Lipinski definition) is 3. The molecule has 0 saturated carbocycles. The van der Waals surface area contributed by atoms with Crippen molar-refractivity contribution in [3.05, 3.63) is 47.7 Å². The molecule has 1 N–H and O–H groups in total. The first kappa shape index (κ1) is 18.1. The summed E-state index contributed by atoms with van der Waals surface area (Å²) in [7, 11) is 0. The summed E-state index contributed by atoms with van der Waals surface area (Å²) >= 11 is 0. The molecule has 0 aliphatic rings. The lowest BCUT2D eigenvalue weighted by molar-refractivity contribution is -0.155. The Morgan fingerprint density at radius 2 is 2.05 bits per heavy atom. The van der Waals surface area contributed by atoms with Crippen molar-refractivity contribution in [2.45, 2.75) is 39.2 Å². The molecule has 22 heavy (non-hydrogen) atoms. The molecule has 0 aliphatic carbocycles. The fourth-order valence-corrected chi connectivity index (χ4v) is 2.16. The molecule has 4 nitrogen and oxygen atoms in total. The number of benzene rings is 1. The van der Waals surface area contributed by atoms with E-state index >= 15 is 0 Å². The van der Waals surface area contributed by atoms with E-state index in [-0.39, 0.29) is 24.2 Å². The van der Waals surface area contributed by atoms with Crippen molar-refractivity contribution in [2.75, 3.05) is 6.54 Å². The van der Waals surface area contributed by atoms with Gasteiger partial charge in [-0.1, -0.05) is 13.5 Å². The van der Waals surface area contributed by atoms with Gasteiger partial charge in [-0.2, -0.15) is 0 Å². The molecule has 0 heterocycles. The maximum Gasteiger partial charge on any atom is 0.303 e. The third-order valence-electron chi connectivity index (χ3n) is 3.23. The number of carboxylic acids is 1. The standard InChI is InChI=1S/C16H21F2NO3/c1-4-15(13-10-12(17)7-8-14(13)18)19(5-2)22-11(3)6-9-16(20)21/h7-8,10,15H,3-6,9H2,1-2H3,(H,20,21)/t15-/m1/s1. The van der Waals surface area contributed by atoms with E-state index < -0.39 is 23.6 Å². The maximum absolute atomic E-state index is 13.9. The van der Waals surface area contributed by atoms with E-state index in [9.17, 15) is 13.6 Å². The number of allylic oxidation sites excluding steroid dienone is 1. The SMILES string of the molecule is C=C(CCC(=O)O)ON(CC)[C@H](CC)c1cc(F)ccc1F. The highest BCUT2D eigenvalue weighted by molar-refractivity contribution is 5.66. The molecule has 0 aliphatic heterocycles. The van der Waals surface area contributed by atoms with Crippen LogP contribution in [0.1, 0.15) is 44.7 Å². The van der Waals surface area contributed by atoms with Crippen LogP contribution in [0.5, 0.6) is 0 Å². The van der Waals surface area contributed by atoms with Gasteiger partial charge < -0.3 is 9.94 Å². The Hall–Kier alpha value is -1.95. The molecule has 0 radical (unpaired) electrons. The molecule has 1 rings (SSSR count). The predicted molar refractivity (Wildman–Crippen MR) is 78.9 cm³/mol. The molecular weight excluding hydrogens is 292 g/mol. The lowest BCUT2D eigenvalue weighted by Gasteiger charge is -2.30. The summed E-state index contributed by atoms with van der Waals surface area (Å²) in [6.07, 6.45) is 0.565. The molecule has 1 aromatic rings. The second-order valence-electron chi connectivity index (χ2n) is 4.85. The van der Waals surface area contributed by atoms with E-state index in [1.807, 2.05) is 13.8 Å². The molecular formula is C16H21F2NO3. The number of carboxylic acid groups (broad SMARTS) is 1. The number of halogens is 2. The quantitative estimate of drug-likeness (QED) is 0.552. The maximum atomic E-state index is 13.9. The van der Waals surface area contributed by atoms with E-state index in [2.05, 4.69) is 6.58 Å². The van der Waals surface area contributed by atoms with Crippen molar-refractivity contribution in [3.8, 4) is 0 Å². The molecule has 0 amide bonds. The van der Waals surface area contributed by atoms with Gasteiger partial charge >= 0.3 is 5.97 Å². The Balaban J connectivity index is 2.87. The van der Waals surface area contributed by atoms with Crippen LogP contribution in [0.25, 0.3) is 0 Å². The summed E-state index contributed by atoms with van der Waals surface area (Å²) in [4.78, 5) is 16.1. The average molecular weight is 313 g/mol. The molecule has 6 heteroatoms. The molecule has 0 saturated heterocycles. The lowest BCUT2D eigenvalue weighted by atomic mass is 10.0.